The van der Waals surface area contributed by atoms with Crippen LogP contribution < -0.4 is 38.8 Å². The maximum Gasteiger partial charge on any atom is 0.479 e. The standard InChI is InChI=1S/C69H88B6N10/c1-17-78(18-2)74-82(66-52(9)31-23-32-53(66)10)70-80(64-48(5)27-21-28-49(64)6)72(84(74)68-56(13)35-25-36-57(68)14)76-62-43-39-60(40-44-62)47-61-41-45-63(46-42-61)77-73-81(65-50(7)29-22-30-51(65)8)71-83(67-54(11)33-24-34-55(67)12)75(79(19-3)20-4)85(73)69-58(15)37-26-38-59(69)16/h21-46,70-71,76-77H,17-20,47H2,1-16H3. The molecule has 2 N–H and O–H groups in total. The molecule has 2 aliphatic heterocycles. The summed E-state index contributed by atoms with van der Waals surface area (Å²) in [7, 11) is 0.719. The third-order valence-electron chi connectivity index (χ3n) is 18.3. The molecule has 0 radical (unpaired) electrons. The minimum absolute atomic E-state index is 0.0897. The summed E-state index contributed by atoms with van der Waals surface area (Å²) in [5.74, 6) is 0. The summed E-state index contributed by atoms with van der Waals surface area (Å²) in [5.41, 5.74) is 27.4. The van der Waals surface area contributed by atoms with Gasteiger partial charge < -0.3 is 48.4 Å². The maximum absolute atomic E-state index is 4.21. The summed E-state index contributed by atoms with van der Waals surface area (Å²) in [6, 6.07) is 58.9. The zero-order valence-electron chi connectivity index (χ0n) is 53.8. The quantitative estimate of drug-likeness (QED) is 0.0813. The lowest BCUT2D eigenvalue weighted by molar-refractivity contribution is 0.477. The summed E-state index contributed by atoms with van der Waals surface area (Å²) < 4.78 is 15.9. The van der Waals surface area contributed by atoms with Crippen molar-refractivity contribution in [3.63, 3.8) is 0 Å². The van der Waals surface area contributed by atoms with Crippen LogP contribution in [-0.2, 0) is 6.42 Å². The number of para-hydroxylation sites is 6. The Morgan fingerprint density at radius 2 is 0.529 bits per heavy atom. The van der Waals surface area contributed by atoms with Crippen molar-refractivity contribution in [2.75, 3.05) is 65.0 Å². The van der Waals surface area contributed by atoms with Gasteiger partial charge in [-0.25, -0.2) is 0 Å². The summed E-state index contributed by atoms with van der Waals surface area (Å²) in [6.45, 7) is 40.1. The number of aryl methyl sites for hydroxylation is 12. The van der Waals surface area contributed by atoms with Crippen LogP contribution in [0.1, 0.15) is 106 Å². The van der Waals surface area contributed by atoms with Gasteiger partial charge in [0.05, 0.1) is 0 Å². The number of benzene rings is 8. The average Bonchev–Trinajstić information content (AvgIpc) is 1.79. The molecule has 0 amide bonds. The smallest absolute Gasteiger partial charge is 0.412 e. The lowest BCUT2D eigenvalue weighted by Gasteiger charge is -2.55. The fourth-order valence-corrected chi connectivity index (χ4v) is 14.3. The van der Waals surface area contributed by atoms with E-state index in [-0.39, 0.29) is 28.5 Å². The fraction of sp³-hybridized carbons (Fsp3) is 0.304. The topological polar surface area (TPSA) is 50.0 Å². The predicted molar refractivity (Wildman–Crippen MR) is 376 cm³/mol. The molecule has 0 unspecified atom stereocenters. The van der Waals surface area contributed by atoms with Gasteiger partial charge in [-0.05, 0) is 218 Å². The normalized spacial score (nSPS) is 13.8. The number of nitrogens with zero attached hydrogens (tertiary/aromatic N) is 8. The average molecular weight is 1120 g/mol. The molecule has 432 valence electrons. The highest BCUT2D eigenvalue weighted by molar-refractivity contribution is 7.01. The second-order valence-electron chi connectivity index (χ2n) is 24.2. The van der Waals surface area contributed by atoms with Gasteiger partial charge in [-0.15, -0.1) is 0 Å². The van der Waals surface area contributed by atoms with Crippen molar-refractivity contribution in [3.05, 3.63) is 236 Å². The molecule has 10 rings (SSSR count). The van der Waals surface area contributed by atoms with Crippen molar-refractivity contribution in [2.24, 2.45) is 0 Å². The minimum Gasteiger partial charge on any atom is -0.412 e. The van der Waals surface area contributed by atoms with Gasteiger partial charge in [-0.3, -0.25) is 0 Å². The predicted octanol–water partition coefficient (Wildman–Crippen LogP) is 14.0. The number of hydrogen-bond donors (Lipinski definition) is 2. The Labute approximate surface area is 513 Å². The molecule has 8 aromatic carbocycles. The van der Waals surface area contributed by atoms with Crippen LogP contribution in [0, 0.1) is 83.1 Å². The molecule has 0 spiro atoms. The van der Waals surface area contributed by atoms with Gasteiger partial charge in [0.1, 0.15) is 0 Å². The van der Waals surface area contributed by atoms with Crippen LogP contribution in [0.5, 0.6) is 0 Å². The molecule has 16 heteroatoms. The van der Waals surface area contributed by atoms with Crippen LogP contribution in [0.25, 0.3) is 0 Å². The van der Waals surface area contributed by atoms with Gasteiger partial charge >= 0.3 is 43.6 Å². The second-order valence-corrected chi connectivity index (χ2v) is 24.2. The van der Waals surface area contributed by atoms with Gasteiger partial charge in [-0.2, -0.15) is 0 Å². The Kier molecular flexibility index (Phi) is 18.5. The van der Waals surface area contributed by atoms with Crippen LogP contribution in [0.3, 0.4) is 0 Å². The van der Waals surface area contributed by atoms with Crippen molar-refractivity contribution in [3.8, 4) is 0 Å². The summed E-state index contributed by atoms with van der Waals surface area (Å²) in [5, 5.41) is 8.43. The van der Waals surface area contributed by atoms with E-state index in [9.17, 15) is 0 Å². The van der Waals surface area contributed by atoms with E-state index >= 15 is 0 Å². The third kappa shape index (κ3) is 11.9. The Morgan fingerprint density at radius 1 is 0.306 bits per heavy atom. The van der Waals surface area contributed by atoms with Crippen molar-refractivity contribution in [1.82, 2.24) is 9.62 Å². The SMILES string of the molecule is CCN(CC)B1N(c2c(C)cccc2C)BN(c2c(C)cccc2C)B(Nc2ccc(Cc3ccc(NB4N(c5c(C)cccc5C)BN(c5c(C)cccc5C)B(N(CC)CC)N4c4c(C)cccc4C)cc3)cc2)N1c1c(C)cccc1C. The van der Waals surface area contributed by atoms with Crippen molar-refractivity contribution in [2.45, 2.75) is 117 Å². The molecule has 0 bridgehead atoms. The van der Waals surface area contributed by atoms with E-state index in [0.717, 1.165) is 44.0 Å². The van der Waals surface area contributed by atoms with Crippen molar-refractivity contribution >= 4 is 89.1 Å². The summed E-state index contributed by atoms with van der Waals surface area (Å²) in [6.07, 6.45) is 0.809. The zero-order chi connectivity index (χ0) is 60.4. The Hall–Kier alpha value is -7.53. The molecule has 10 nitrogen and oxygen atoms in total. The van der Waals surface area contributed by atoms with E-state index in [1.54, 1.807) is 0 Å². The first-order valence-corrected chi connectivity index (χ1v) is 31.2. The Morgan fingerprint density at radius 3 is 0.765 bits per heavy atom. The van der Waals surface area contributed by atoms with E-state index in [1.165, 1.54) is 112 Å². The summed E-state index contributed by atoms with van der Waals surface area (Å²) in [4.78, 5) is 5.25. The first-order chi connectivity index (χ1) is 41.0. The highest BCUT2D eigenvalue weighted by Crippen LogP contribution is 2.42. The molecule has 0 atom stereocenters. The summed E-state index contributed by atoms with van der Waals surface area (Å²) >= 11 is 0. The maximum atomic E-state index is 4.21. The molecule has 0 aliphatic carbocycles. The largest absolute Gasteiger partial charge is 0.479 e. The monoisotopic (exact) mass is 1120 g/mol. The van der Waals surface area contributed by atoms with E-state index in [0.29, 0.717) is 15.1 Å². The lowest BCUT2D eigenvalue weighted by atomic mass is 9.57. The number of hydrogen-bond acceptors (Lipinski definition) is 10. The lowest BCUT2D eigenvalue weighted by Crippen LogP contribution is -2.81. The van der Waals surface area contributed by atoms with Gasteiger partial charge in [-0.1, -0.05) is 161 Å². The molecule has 85 heavy (non-hydrogen) atoms. The highest BCUT2D eigenvalue weighted by atomic mass is 15.4. The van der Waals surface area contributed by atoms with Gasteiger partial charge in [0.2, 0.25) is 0 Å². The van der Waals surface area contributed by atoms with E-state index in [1.807, 2.05) is 0 Å². The third-order valence-corrected chi connectivity index (χ3v) is 18.3. The number of anilines is 8. The molecule has 2 saturated heterocycles. The van der Waals surface area contributed by atoms with Crippen LogP contribution in [0.15, 0.2) is 158 Å². The minimum atomic E-state index is -0.242. The van der Waals surface area contributed by atoms with E-state index in [4.69, 9.17) is 0 Å². The molecule has 2 aliphatic rings. The Balaban J connectivity index is 1.00. The van der Waals surface area contributed by atoms with E-state index in [2.05, 4.69) is 317 Å². The molecule has 2 heterocycles. The molecule has 0 saturated carbocycles. The van der Waals surface area contributed by atoms with Crippen molar-refractivity contribution < 1.29 is 0 Å². The zero-order valence-corrected chi connectivity index (χ0v) is 53.8. The number of rotatable bonds is 18. The highest BCUT2D eigenvalue weighted by Gasteiger charge is 2.54. The first kappa shape index (κ1) is 60.6. The fourth-order valence-electron chi connectivity index (χ4n) is 14.3. The first-order valence-electron chi connectivity index (χ1n) is 31.2. The number of nitrogens with one attached hydrogen (secondary N) is 2. The van der Waals surface area contributed by atoms with E-state index < -0.39 is 0 Å². The van der Waals surface area contributed by atoms with Gasteiger partial charge in [0.15, 0.2) is 0 Å². The second kappa shape index (κ2) is 26.0. The molecule has 2 fully saturated rings. The van der Waals surface area contributed by atoms with Crippen LogP contribution >= 0.6 is 0 Å². The molecule has 0 aromatic heterocycles. The van der Waals surface area contributed by atoms with Gasteiger partial charge in [0.25, 0.3) is 0 Å². The van der Waals surface area contributed by atoms with Gasteiger partial charge in [0, 0.05) is 45.5 Å². The van der Waals surface area contributed by atoms with Crippen LogP contribution in [0.2, 0.25) is 0 Å². The van der Waals surface area contributed by atoms with Crippen LogP contribution in [0.4, 0.5) is 45.5 Å². The van der Waals surface area contributed by atoms with Crippen molar-refractivity contribution in [1.29, 1.82) is 0 Å². The van der Waals surface area contributed by atoms with Crippen LogP contribution in [-0.4, -0.2) is 79.4 Å². The molecule has 8 aromatic rings. The molecular formula is C69H88B6N10. The Bertz CT molecular complexity index is 3270. The molecular weight excluding hydrogens is 1030 g/mol.